The molecular formula is C13H18S. The summed E-state index contributed by atoms with van der Waals surface area (Å²) in [4.78, 5) is 1.13. The van der Waals surface area contributed by atoms with Crippen molar-refractivity contribution in [1.29, 1.82) is 0 Å². The predicted octanol–water partition coefficient (Wildman–Crippen LogP) is 4.24. The van der Waals surface area contributed by atoms with E-state index in [0.29, 0.717) is 0 Å². The lowest BCUT2D eigenvalue weighted by Crippen LogP contribution is -1.85. The van der Waals surface area contributed by atoms with E-state index in [1.165, 1.54) is 37.7 Å². The van der Waals surface area contributed by atoms with Crippen LogP contribution in [0.15, 0.2) is 11.4 Å². The lowest BCUT2D eigenvalue weighted by Gasteiger charge is -1.99. The largest absolute Gasteiger partial charge is 0.135 e. The van der Waals surface area contributed by atoms with Gasteiger partial charge in [0.25, 0.3) is 0 Å². The molecule has 0 aliphatic heterocycles. The van der Waals surface area contributed by atoms with Crippen LogP contribution in [0.1, 0.15) is 49.5 Å². The molecule has 0 saturated carbocycles. The number of hydrogen-bond donors (Lipinski definition) is 0. The fourth-order valence-electron chi connectivity index (χ4n) is 1.58. The molecule has 0 fully saturated rings. The zero-order valence-corrected chi connectivity index (χ0v) is 9.70. The van der Waals surface area contributed by atoms with E-state index in [-0.39, 0.29) is 0 Å². The molecular weight excluding hydrogens is 188 g/mol. The van der Waals surface area contributed by atoms with Crippen LogP contribution >= 0.6 is 11.3 Å². The molecule has 0 atom stereocenters. The fraction of sp³-hybridized carbons (Fsp3) is 0.538. The number of aryl methyl sites for hydroxylation is 1. The highest BCUT2D eigenvalue weighted by atomic mass is 32.1. The lowest BCUT2D eigenvalue weighted by molar-refractivity contribution is 0.632. The SMILES string of the molecule is C#Cc1sccc1CCCCCCC. The molecule has 0 bridgehead atoms. The van der Waals surface area contributed by atoms with Crippen molar-refractivity contribution < 1.29 is 0 Å². The van der Waals surface area contributed by atoms with Gasteiger partial charge in [0.2, 0.25) is 0 Å². The van der Waals surface area contributed by atoms with E-state index in [9.17, 15) is 0 Å². The lowest BCUT2D eigenvalue weighted by atomic mass is 10.1. The third-order valence-electron chi connectivity index (χ3n) is 2.43. The first-order valence-electron chi connectivity index (χ1n) is 5.41. The smallest absolute Gasteiger partial charge is 0.0797 e. The second-order valence-electron chi connectivity index (χ2n) is 3.58. The van der Waals surface area contributed by atoms with E-state index >= 15 is 0 Å². The summed E-state index contributed by atoms with van der Waals surface area (Å²) in [6.07, 6.45) is 13.2. The van der Waals surface area contributed by atoms with Crippen LogP contribution in [-0.4, -0.2) is 0 Å². The van der Waals surface area contributed by atoms with Crippen molar-refractivity contribution in [2.24, 2.45) is 0 Å². The molecule has 1 aromatic heterocycles. The quantitative estimate of drug-likeness (QED) is 0.482. The summed E-state index contributed by atoms with van der Waals surface area (Å²) in [5.74, 6) is 2.75. The van der Waals surface area contributed by atoms with E-state index in [4.69, 9.17) is 6.42 Å². The van der Waals surface area contributed by atoms with Gasteiger partial charge < -0.3 is 0 Å². The van der Waals surface area contributed by atoms with Crippen LogP contribution < -0.4 is 0 Å². The van der Waals surface area contributed by atoms with Crippen LogP contribution in [0.4, 0.5) is 0 Å². The topological polar surface area (TPSA) is 0 Å². The van der Waals surface area contributed by atoms with Gasteiger partial charge in [-0.1, -0.05) is 38.5 Å². The molecule has 0 amide bonds. The van der Waals surface area contributed by atoms with E-state index in [1.54, 1.807) is 11.3 Å². The predicted molar refractivity (Wildman–Crippen MR) is 64.7 cm³/mol. The summed E-state index contributed by atoms with van der Waals surface area (Å²) in [5.41, 5.74) is 1.37. The van der Waals surface area contributed by atoms with E-state index in [2.05, 4.69) is 24.3 Å². The van der Waals surface area contributed by atoms with E-state index in [0.717, 1.165) is 11.3 Å². The van der Waals surface area contributed by atoms with Gasteiger partial charge in [-0.25, -0.2) is 0 Å². The Morgan fingerprint density at radius 2 is 2.07 bits per heavy atom. The molecule has 0 aliphatic carbocycles. The molecule has 0 aromatic carbocycles. The van der Waals surface area contributed by atoms with E-state index in [1.807, 2.05) is 0 Å². The van der Waals surface area contributed by atoms with Gasteiger partial charge in [-0.15, -0.1) is 17.8 Å². The Kier molecular flexibility index (Phi) is 5.40. The highest BCUT2D eigenvalue weighted by Crippen LogP contribution is 2.18. The van der Waals surface area contributed by atoms with Crippen molar-refractivity contribution in [2.45, 2.75) is 45.4 Å². The second-order valence-corrected chi connectivity index (χ2v) is 4.50. The minimum atomic E-state index is 1.13. The maximum Gasteiger partial charge on any atom is 0.0797 e. The van der Waals surface area contributed by atoms with Gasteiger partial charge in [-0.2, -0.15) is 0 Å². The Morgan fingerprint density at radius 1 is 1.29 bits per heavy atom. The fourth-order valence-corrected chi connectivity index (χ4v) is 2.34. The van der Waals surface area contributed by atoms with Crippen molar-refractivity contribution in [3.05, 3.63) is 21.9 Å². The molecule has 76 valence electrons. The number of terminal acetylenes is 1. The third kappa shape index (κ3) is 3.55. The van der Waals surface area contributed by atoms with Gasteiger partial charge >= 0.3 is 0 Å². The van der Waals surface area contributed by atoms with Crippen molar-refractivity contribution in [2.75, 3.05) is 0 Å². The molecule has 0 saturated heterocycles. The van der Waals surface area contributed by atoms with Crippen molar-refractivity contribution in [1.82, 2.24) is 0 Å². The molecule has 1 heterocycles. The highest BCUT2D eigenvalue weighted by Gasteiger charge is 2.00. The third-order valence-corrected chi connectivity index (χ3v) is 3.32. The van der Waals surface area contributed by atoms with Crippen LogP contribution in [0, 0.1) is 12.3 Å². The van der Waals surface area contributed by atoms with Crippen LogP contribution in [0.5, 0.6) is 0 Å². The monoisotopic (exact) mass is 206 g/mol. The van der Waals surface area contributed by atoms with Crippen LogP contribution in [0.25, 0.3) is 0 Å². The Bertz CT molecular complexity index is 290. The van der Waals surface area contributed by atoms with E-state index < -0.39 is 0 Å². The maximum atomic E-state index is 5.41. The van der Waals surface area contributed by atoms with Gasteiger partial charge in [0.15, 0.2) is 0 Å². The summed E-state index contributed by atoms with van der Waals surface area (Å²) in [5, 5.41) is 2.09. The summed E-state index contributed by atoms with van der Waals surface area (Å²) in [6.45, 7) is 2.25. The molecule has 1 rings (SSSR count). The average molecular weight is 206 g/mol. The summed E-state index contributed by atoms with van der Waals surface area (Å²) < 4.78 is 0. The van der Waals surface area contributed by atoms with Gasteiger partial charge in [0, 0.05) is 0 Å². The standard InChI is InChI=1S/C13H18S/c1-3-5-6-7-8-9-12-10-11-14-13(12)4-2/h2,10-11H,3,5-9H2,1H3. The maximum absolute atomic E-state index is 5.41. The molecule has 0 N–H and O–H groups in total. The summed E-state index contributed by atoms with van der Waals surface area (Å²) in [6, 6.07) is 2.17. The Hall–Kier alpha value is -0.740. The average Bonchev–Trinajstić information content (AvgIpc) is 2.65. The Balaban J connectivity index is 2.22. The van der Waals surface area contributed by atoms with Crippen LogP contribution in [0.2, 0.25) is 0 Å². The molecule has 0 unspecified atom stereocenters. The minimum absolute atomic E-state index is 1.13. The molecule has 0 spiro atoms. The zero-order valence-electron chi connectivity index (χ0n) is 8.88. The zero-order chi connectivity index (χ0) is 10.2. The highest BCUT2D eigenvalue weighted by molar-refractivity contribution is 7.10. The molecule has 0 nitrogen and oxygen atoms in total. The Morgan fingerprint density at radius 3 is 2.79 bits per heavy atom. The summed E-state index contributed by atoms with van der Waals surface area (Å²) >= 11 is 1.68. The molecule has 1 aromatic rings. The normalized spacial score (nSPS) is 10.0. The van der Waals surface area contributed by atoms with Gasteiger partial charge in [0.05, 0.1) is 4.88 Å². The van der Waals surface area contributed by atoms with Gasteiger partial charge in [-0.3, -0.25) is 0 Å². The second kappa shape index (κ2) is 6.68. The molecule has 14 heavy (non-hydrogen) atoms. The van der Waals surface area contributed by atoms with Crippen molar-refractivity contribution in [3.8, 4) is 12.3 Å². The number of rotatable bonds is 6. The first-order chi connectivity index (χ1) is 6.88. The van der Waals surface area contributed by atoms with Gasteiger partial charge in [0.1, 0.15) is 0 Å². The van der Waals surface area contributed by atoms with Crippen LogP contribution in [0.3, 0.4) is 0 Å². The van der Waals surface area contributed by atoms with Crippen molar-refractivity contribution in [3.63, 3.8) is 0 Å². The molecule has 0 aliphatic rings. The number of hydrogen-bond acceptors (Lipinski definition) is 1. The van der Waals surface area contributed by atoms with Crippen LogP contribution in [-0.2, 0) is 6.42 Å². The number of thiophene rings is 1. The molecule has 0 radical (unpaired) electrons. The first kappa shape index (κ1) is 11.3. The van der Waals surface area contributed by atoms with Crippen molar-refractivity contribution >= 4 is 11.3 Å². The minimum Gasteiger partial charge on any atom is -0.135 e. The Labute approximate surface area is 91.4 Å². The number of unbranched alkanes of at least 4 members (excludes halogenated alkanes) is 4. The summed E-state index contributed by atoms with van der Waals surface area (Å²) in [7, 11) is 0. The van der Waals surface area contributed by atoms with Gasteiger partial charge in [-0.05, 0) is 29.9 Å². The first-order valence-corrected chi connectivity index (χ1v) is 6.29. The molecule has 1 heteroatoms.